The highest BCUT2D eigenvalue weighted by Gasteiger charge is 2.15. The average Bonchev–Trinajstić information content (AvgIpc) is 3.34. The number of aromatic nitrogens is 1. The molecule has 1 heterocycles. The van der Waals surface area contributed by atoms with Crippen LogP contribution >= 0.6 is 11.6 Å². The molecule has 0 aliphatic rings. The van der Waals surface area contributed by atoms with Crippen molar-refractivity contribution in [1.29, 1.82) is 5.26 Å². The molecule has 192 valence electrons. The van der Waals surface area contributed by atoms with Crippen molar-refractivity contribution in [2.24, 2.45) is 0 Å². The number of H-pyrrole nitrogens is 1. The van der Waals surface area contributed by atoms with Crippen LogP contribution in [0.15, 0.2) is 72.4 Å². The second kappa shape index (κ2) is 12.0. The van der Waals surface area contributed by atoms with Crippen molar-refractivity contribution in [2.75, 3.05) is 13.7 Å². The van der Waals surface area contributed by atoms with Gasteiger partial charge in [0.15, 0.2) is 11.5 Å². The number of nitrogens with zero attached hydrogens (tertiary/aromatic N) is 2. The second-order valence-electron chi connectivity index (χ2n) is 8.28. The summed E-state index contributed by atoms with van der Waals surface area (Å²) in [5.74, 6) is 0.0787. The molecular formula is C28H23ClN4O5. The number of carbonyl (C=O) groups excluding carboxylic acids is 1. The predicted octanol–water partition coefficient (Wildman–Crippen LogP) is 5.58. The Labute approximate surface area is 223 Å². The molecule has 0 unspecified atom stereocenters. The molecule has 0 bridgehead atoms. The molecule has 2 N–H and O–H groups in total. The van der Waals surface area contributed by atoms with Crippen molar-refractivity contribution in [3.8, 4) is 17.6 Å². The monoisotopic (exact) mass is 530 g/mol. The van der Waals surface area contributed by atoms with E-state index in [1.54, 1.807) is 24.3 Å². The fourth-order valence-corrected chi connectivity index (χ4v) is 4.17. The van der Waals surface area contributed by atoms with Gasteiger partial charge in [0.1, 0.15) is 18.2 Å². The lowest BCUT2D eigenvalue weighted by atomic mass is 10.1. The number of nitro groups is 1. The van der Waals surface area contributed by atoms with E-state index in [1.165, 1.54) is 25.3 Å². The van der Waals surface area contributed by atoms with E-state index >= 15 is 0 Å². The van der Waals surface area contributed by atoms with Gasteiger partial charge in [-0.25, -0.2) is 0 Å². The summed E-state index contributed by atoms with van der Waals surface area (Å²) in [6.07, 6.45) is 3.95. The van der Waals surface area contributed by atoms with Crippen molar-refractivity contribution >= 4 is 40.2 Å². The Morgan fingerprint density at radius 3 is 2.68 bits per heavy atom. The Balaban J connectivity index is 1.42. The first kappa shape index (κ1) is 26.3. The Morgan fingerprint density at radius 2 is 1.97 bits per heavy atom. The molecule has 0 fully saturated rings. The lowest BCUT2D eigenvalue weighted by Crippen LogP contribution is -2.26. The summed E-state index contributed by atoms with van der Waals surface area (Å²) in [6.45, 7) is 0.463. The Bertz CT molecular complexity index is 1550. The van der Waals surface area contributed by atoms with E-state index in [-0.39, 0.29) is 28.6 Å². The van der Waals surface area contributed by atoms with Gasteiger partial charge in [-0.05, 0) is 59.5 Å². The number of nitriles is 1. The first-order valence-corrected chi connectivity index (χ1v) is 12.0. The number of hydrogen-bond donors (Lipinski definition) is 2. The molecule has 0 atom stereocenters. The summed E-state index contributed by atoms with van der Waals surface area (Å²) in [4.78, 5) is 26.2. The largest absolute Gasteiger partial charge is 0.493 e. The SMILES string of the molecule is COc1cc(/C=C(/C#N)C(=O)NCCc2c[nH]c3ccccc23)cc(Cl)c1OCc1ccc([N+](=O)[O-])cc1. The maximum atomic E-state index is 12.7. The van der Waals surface area contributed by atoms with Crippen LogP contribution in [0, 0.1) is 21.4 Å². The Morgan fingerprint density at radius 1 is 1.21 bits per heavy atom. The standard InChI is InChI=1S/C28H23ClN4O5/c1-37-26-14-19(13-24(29)27(26)38-17-18-6-8-22(9-7-18)33(35)36)12-21(15-30)28(34)31-11-10-20-16-32-25-5-3-2-4-23(20)25/h2-9,12-14,16,32H,10-11,17H2,1H3,(H,31,34)/b21-12-. The van der Waals surface area contributed by atoms with Crippen LogP contribution in [0.3, 0.4) is 0 Å². The van der Waals surface area contributed by atoms with Crippen LogP contribution in [0.25, 0.3) is 17.0 Å². The molecule has 0 aliphatic carbocycles. The highest BCUT2D eigenvalue weighted by Crippen LogP contribution is 2.37. The van der Waals surface area contributed by atoms with Crippen molar-refractivity contribution < 1.29 is 19.2 Å². The second-order valence-corrected chi connectivity index (χ2v) is 8.69. The molecule has 0 radical (unpaired) electrons. The lowest BCUT2D eigenvalue weighted by molar-refractivity contribution is -0.384. The molecule has 0 aliphatic heterocycles. The van der Waals surface area contributed by atoms with Crippen LogP contribution in [0.5, 0.6) is 11.5 Å². The molecule has 10 heteroatoms. The number of hydrogen-bond acceptors (Lipinski definition) is 6. The van der Waals surface area contributed by atoms with E-state index in [0.29, 0.717) is 29.8 Å². The molecule has 0 saturated carbocycles. The van der Waals surface area contributed by atoms with Gasteiger partial charge in [-0.15, -0.1) is 0 Å². The minimum absolute atomic E-state index is 0.0178. The van der Waals surface area contributed by atoms with E-state index in [9.17, 15) is 20.2 Å². The molecule has 4 rings (SSSR count). The average molecular weight is 531 g/mol. The lowest BCUT2D eigenvalue weighted by Gasteiger charge is -2.13. The van der Waals surface area contributed by atoms with Gasteiger partial charge in [0.2, 0.25) is 0 Å². The fraction of sp³-hybridized carbons (Fsp3) is 0.143. The van der Waals surface area contributed by atoms with Crippen LogP contribution in [-0.4, -0.2) is 29.5 Å². The Hall–Kier alpha value is -4.81. The summed E-state index contributed by atoms with van der Waals surface area (Å²) in [5.41, 5.74) is 3.19. The third kappa shape index (κ3) is 6.11. The number of methoxy groups -OCH3 is 1. The quantitative estimate of drug-likeness (QED) is 0.119. The maximum Gasteiger partial charge on any atom is 0.269 e. The van der Waals surface area contributed by atoms with E-state index < -0.39 is 10.8 Å². The van der Waals surface area contributed by atoms with Gasteiger partial charge < -0.3 is 19.8 Å². The van der Waals surface area contributed by atoms with Crippen molar-refractivity contribution in [3.63, 3.8) is 0 Å². The minimum Gasteiger partial charge on any atom is -0.493 e. The van der Waals surface area contributed by atoms with Crippen molar-refractivity contribution in [2.45, 2.75) is 13.0 Å². The van der Waals surface area contributed by atoms with Crippen LogP contribution < -0.4 is 14.8 Å². The number of rotatable bonds is 10. The maximum absolute atomic E-state index is 12.7. The molecule has 1 amide bonds. The van der Waals surface area contributed by atoms with Gasteiger partial charge in [0.05, 0.1) is 17.1 Å². The molecule has 1 aromatic heterocycles. The van der Waals surface area contributed by atoms with E-state index in [4.69, 9.17) is 21.1 Å². The third-order valence-corrected chi connectivity index (χ3v) is 6.09. The van der Waals surface area contributed by atoms with Crippen LogP contribution in [0.2, 0.25) is 5.02 Å². The summed E-state index contributed by atoms with van der Waals surface area (Å²) in [6, 6.07) is 19.0. The number of non-ortho nitro benzene ring substituents is 1. The van der Waals surface area contributed by atoms with Gasteiger partial charge in [-0.1, -0.05) is 29.8 Å². The number of ether oxygens (including phenoxy) is 2. The topological polar surface area (TPSA) is 130 Å². The van der Waals surface area contributed by atoms with Gasteiger partial charge in [0, 0.05) is 35.8 Å². The van der Waals surface area contributed by atoms with Gasteiger partial charge in [-0.2, -0.15) is 5.26 Å². The smallest absolute Gasteiger partial charge is 0.269 e. The van der Waals surface area contributed by atoms with Crippen molar-refractivity contribution in [1.82, 2.24) is 10.3 Å². The zero-order valence-electron chi connectivity index (χ0n) is 20.4. The van der Waals surface area contributed by atoms with Crippen LogP contribution in [0.1, 0.15) is 16.7 Å². The molecule has 4 aromatic rings. The Kier molecular flexibility index (Phi) is 8.26. The first-order chi connectivity index (χ1) is 18.4. The molecule has 9 nitrogen and oxygen atoms in total. The summed E-state index contributed by atoms with van der Waals surface area (Å²) in [7, 11) is 1.44. The third-order valence-electron chi connectivity index (χ3n) is 5.81. The number of para-hydroxylation sites is 1. The zero-order valence-corrected chi connectivity index (χ0v) is 21.1. The minimum atomic E-state index is -0.499. The highest BCUT2D eigenvalue weighted by atomic mass is 35.5. The number of nitro benzene ring substituents is 1. The number of fused-ring (bicyclic) bond motifs is 1. The number of carbonyl (C=O) groups is 1. The van der Waals surface area contributed by atoms with Gasteiger partial charge in [0.25, 0.3) is 11.6 Å². The number of benzene rings is 3. The molecular weight excluding hydrogens is 508 g/mol. The molecule has 38 heavy (non-hydrogen) atoms. The molecule has 0 saturated heterocycles. The van der Waals surface area contributed by atoms with E-state index in [2.05, 4.69) is 10.3 Å². The van der Waals surface area contributed by atoms with Crippen LogP contribution in [0.4, 0.5) is 5.69 Å². The normalized spacial score (nSPS) is 11.1. The molecule has 3 aromatic carbocycles. The number of nitrogens with one attached hydrogen (secondary N) is 2. The summed E-state index contributed by atoms with van der Waals surface area (Å²) < 4.78 is 11.2. The fourth-order valence-electron chi connectivity index (χ4n) is 3.89. The number of aromatic amines is 1. The summed E-state index contributed by atoms with van der Waals surface area (Å²) in [5, 5.41) is 24.5. The zero-order chi connectivity index (χ0) is 27.1. The first-order valence-electron chi connectivity index (χ1n) is 11.6. The van der Waals surface area contributed by atoms with Gasteiger partial charge in [-0.3, -0.25) is 14.9 Å². The van der Waals surface area contributed by atoms with Crippen LogP contribution in [-0.2, 0) is 17.8 Å². The number of halogens is 1. The summed E-state index contributed by atoms with van der Waals surface area (Å²) >= 11 is 6.43. The van der Waals surface area contributed by atoms with Crippen molar-refractivity contribution in [3.05, 3.63) is 104 Å². The predicted molar refractivity (Wildman–Crippen MR) is 144 cm³/mol. The van der Waals surface area contributed by atoms with E-state index in [0.717, 1.165) is 16.5 Å². The van der Waals surface area contributed by atoms with E-state index in [1.807, 2.05) is 36.5 Å². The number of amides is 1. The van der Waals surface area contributed by atoms with Gasteiger partial charge >= 0.3 is 0 Å². The highest BCUT2D eigenvalue weighted by molar-refractivity contribution is 6.32. The molecule has 0 spiro atoms.